The third-order valence-electron chi connectivity index (χ3n) is 3.54. The van der Waals surface area contributed by atoms with E-state index in [1.54, 1.807) is 19.1 Å². The monoisotopic (exact) mass is 369 g/mol. The lowest BCUT2D eigenvalue weighted by Gasteiger charge is -2.15. The summed E-state index contributed by atoms with van der Waals surface area (Å²) in [4.78, 5) is 12.2. The van der Waals surface area contributed by atoms with E-state index in [1.807, 2.05) is 30.3 Å². The Kier molecular flexibility index (Phi) is 6.81. The van der Waals surface area contributed by atoms with Gasteiger partial charge in [-0.25, -0.2) is 8.42 Å². The SMILES string of the molecule is C[C@H](C(=O)OCc1ccccc1)c1cccc(S(C)(=O)=O)c1N.Cl. The van der Waals surface area contributed by atoms with Crippen LogP contribution in [0.3, 0.4) is 0 Å². The highest BCUT2D eigenvalue weighted by molar-refractivity contribution is 7.90. The van der Waals surface area contributed by atoms with Crippen molar-refractivity contribution in [2.45, 2.75) is 24.3 Å². The fraction of sp³-hybridized carbons (Fsp3) is 0.235. The van der Waals surface area contributed by atoms with Gasteiger partial charge in [-0.3, -0.25) is 4.79 Å². The van der Waals surface area contributed by atoms with Gasteiger partial charge in [-0.2, -0.15) is 0 Å². The van der Waals surface area contributed by atoms with Gasteiger partial charge >= 0.3 is 5.97 Å². The molecule has 0 amide bonds. The predicted molar refractivity (Wildman–Crippen MR) is 95.9 cm³/mol. The summed E-state index contributed by atoms with van der Waals surface area (Å²) in [6.45, 7) is 1.81. The van der Waals surface area contributed by atoms with Crippen molar-refractivity contribution in [2.24, 2.45) is 0 Å². The number of hydrogen-bond donors (Lipinski definition) is 1. The molecule has 0 aromatic heterocycles. The second-order valence-electron chi connectivity index (χ2n) is 5.35. The Hall–Kier alpha value is -2.05. The van der Waals surface area contributed by atoms with Crippen molar-refractivity contribution in [3.05, 3.63) is 59.7 Å². The molecule has 0 spiro atoms. The molecule has 0 aliphatic heterocycles. The molecule has 0 saturated heterocycles. The number of esters is 1. The van der Waals surface area contributed by atoms with E-state index in [4.69, 9.17) is 10.5 Å². The molecule has 0 aliphatic carbocycles. The minimum Gasteiger partial charge on any atom is -0.460 e. The van der Waals surface area contributed by atoms with Crippen molar-refractivity contribution in [3.63, 3.8) is 0 Å². The van der Waals surface area contributed by atoms with Gasteiger partial charge < -0.3 is 10.5 Å². The number of carbonyl (C=O) groups excluding carboxylic acids is 1. The molecule has 1 atom stereocenters. The number of carbonyl (C=O) groups is 1. The van der Waals surface area contributed by atoms with Crippen LogP contribution in [-0.2, 0) is 26.0 Å². The number of para-hydroxylation sites is 1. The van der Waals surface area contributed by atoms with Gasteiger partial charge in [0.25, 0.3) is 0 Å². The van der Waals surface area contributed by atoms with Crippen LogP contribution >= 0.6 is 12.4 Å². The number of rotatable bonds is 5. The lowest BCUT2D eigenvalue weighted by molar-refractivity contribution is -0.146. The molecule has 2 N–H and O–H groups in total. The number of halogens is 1. The van der Waals surface area contributed by atoms with E-state index in [1.165, 1.54) is 6.07 Å². The summed E-state index contributed by atoms with van der Waals surface area (Å²) < 4.78 is 28.7. The van der Waals surface area contributed by atoms with E-state index in [0.29, 0.717) is 5.56 Å². The Morgan fingerprint density at radius 2 is 1.75 bits per heavy atom. The molecule has 2 aromatic rings. The third kappa shape index (κ3) is 4.72. The first-order chi connectivity index (χ1) is 10.8. The third-order valence-corrected chi connectivity index (χ3v) is 4.70. The first-order valence-corrected chi connectivity index (χ1v) is 8.99. The van der Waals surface area contributed by atoms with E-state index >= 15 is 0 Å². The molecular weight excluding hydrogens is 350 g/mol. The molecule has 0 saturated carbocycles. The number of anilines is 1. The normalized spacial score (nSPS) is 12.1. The summed E-state index contributed by atoms with van der Waals surface area (Å²) >= 11 is 0. The number of ether oxygens (including phenoxy) is 1. The topological polar surface area (TPSA) is 86.5 Å². The van der Waals surface area contributed by atoms with Crippen LogP contribution < -0.4 is 5.73 Å². The number of nitrogens with two attached hydrogens (primary N) is 1. The highest BCUT2D eigenvalue weighted by Crippen LogP contribution is 2.29. The van der Waals surface area contributed by atoms with Crippen molar-refractivity contribution < 1.29 is 17.9 Å². The van der Waals surface area contributed by atoms with Gasteiger partial charge in [0.15, 0.2) is 9.84 Å². The van der Waals surface area contributed by atoms with Gasteiger partial charge in [0, 0.05) is 6.26 Å². The van der Waals surface area contributed by atoms with Crippen molar-refractivity contribution in [1.29, 1.82) is 0 Å². The summed E-state index contributed by atoms with van der Waals surface area (Å²) in [5, 5.41) is 0. The van der Waals surface area contributed by atoms with Crippen molar-refractivity contribution in [2.75, 3.05) is 12.0 Å². The Bertz CT molecular complexity index is 807. The minimum atomic E-state index is -3.45. The van der Waals surface area contributed by atoms with Gasteiger partial charge in [-0.05, 0) is 24.1 Å². The van der Waals surface area contributed by atoms with Crippen LogP contribution in [0.1, 0.15) is 24.0 Å². The summed E-state index contributed by atoms with van der Waals surface area (Å²) in [6, 6.07) is 14.0. The van der Waals surface area contributed by atoms with E-state index in [2.05, 4.69) is 0 Å². The Morgan fingerprint density at radius 3 is 2.33 bits per heavy atom. The number of sulfone groups is 1. The molecule has 0 aliphatic rings. The first kappa shape index (κ1) is 20.0. The van der Waals surface area contributed by atoms with Gasteiger partial charge in [-0.1, -0.05) is 42.5 Å². The second kappa shape index (κ2) is 8.17. The smallest absolute Gasteiger partial charge is 0.313 e. The lowest BCUT2D eigenvalue weighted by Crippen LogP contribution is -2.16. The molecule has 0 radical (unpaired) electrons. The molecular formula is C17H20ClNO4S. The van der Waals surface area contributed by atoms with Crippen molar-refractivity contribution in [3.8, 4) is 0 Å². The number of benzene rings is 2. The largest absolute Gasteiger partial charge is 0.460 e. The van der Waals surface area contributed by atoms with Gasteiger partial charge in [0.05, 0.1) is 16.5 Å². The van der Waals surface area contributed by atoms with Crippen molar-refractivity contribution in [1.82, 2.24) is 0 Å². The summed E-state index contributed by atoms with van der Waals surface area (Å²) in [6.07, 6.45) is 1.08. The fourth-order valence-electron chi connectivity index (χ4n) is 2.24. The molecule has 2 aromatic carbocycles. The average Bonchev–Trinajstić information content (AvgIpc) is 2.52. The van der Waals surface area contributed by atoms with Crippen LogP contribution in [0.5, 0.6) is 0 Å². The van der Waals surface area contributed by atoms with E-state index < -0.39 is 21.7 Å². The summed E-state index contributed by atoms with van der Waals surface area (Å²) in [7, 11) is -3.45. The molecule has 2 rings (SSSR count). The van der Waals surface area contributed by atoms with Gasteiger partial charge in [0.1, 0.15) is 6.61 Å². The van der Waals surface area contributed by atoms with Gasteiger partial charge in [0.2, 0.25) is 0 Å². The maximum atomic E-state index is 12.2. The fourth-order valence-corrected chi connectivity index (χ4v) is 3.09. The maximum absolute atomic E-state index is 12.2. The molecule has 0 heterocycles. The van der Waals surface area contributed by atoms with E-state index in [-0.39, 0.29) is 29.6 Å². The van der Waals surface area contributed by atoms with Crippen LogP contribution in [-0.4, -0.2) is 20.6 Å². The van der Waals surface area contributed by atoms with E-state index in [9.17, 15) is 13.2 Å². The van der Waals surface area contributed by atoms with E-state index in [0.717, 1.165) is 11.8 Å². The summed E-state index contributed by atoms with van der Waals surface area (Å²) in [5.74, 6) is -1.10. The van der Waals surface area contributed by atoms with Crippen LogP contribution in [0.25, 0.3) is 0 Å². The molecule has 24 heavy (non-hydrogen) atoms. The standard InChI is InChI=1S/C17H19NO4S.ClH/c1-12(17(19)22-11-13-7-4-3-5-8-13)14-9-6-10-15(16(14)18)23(2,20)21;/h3-10,12H,11,18H2,1-2H3;1H/t12-;/m0./s1. The zero-order chi connectivity index (χ0) is 17.0. The number of nitrogen functional groups attached to an aromatic ring is 1. The molecule has 5 nitrogen and oxygen atoms in total. The van der Waals surface area contributed by atoms with Crippen molar-refractivity contribution >= 4 is 33.9 Å². The van der Waals surface area contributed by atoms with Crippen LogP contribution in [0.2, 0.25) is 0 Å². The minimum absolute atomic E-state index is 0. The van der Waals surface area contributed by atoms with Crippen LogP contribution in [0, 0.1) is 0 Å². The quantitative estimate of drug-likeness (QED) is 0.646. The zero-order valence-electron chi connectivity index (χ0n) is 13.4. The average molecular weight is 370 g/mol. The highest BCUT2D eigenvalue weighted by Gasteiger charge is 2.23. The molecule has 0 bridgehead atoms. The second-order valence-corrected chi connectivity index (χ2v) is 7.33. The maximum Gasteiger partial charge on any atom is 0.313 e. The molecule has 0 unspecified atom stereocenters. The zero-order valence-corrected chi connectivity index (χ0v) is 15.1. The Balaban J connectivity index is 0.00000288. The molecule has 130 valence electrons. The summed E-state index contributed by atoms with van der Waals surface area (Å²) in [5.41, 5.74) is 7.36. The Morgan fingerprint density at radius 1 is 1.12 bits per heavy atom. The first-order valence-electron chi connectivity index (χ1n) is 7.09. The van der Waals surface area contributed by atoms with Crippen LogP contribution in [0.15, 0.2) is 53.4 Å². The number of hydrogen-bond acceptors (Lipinski definition) is 5. The molecule has 7 heteroatoms. The predicted octanol–water partition coefficient (Wildman–Crippen LogP) is 2.94. The lowest BCUT2D eigenvalue weighted by atomic mass is 9.99. The highest BCUT2D eigenvalue weighted by atomic mass is 35.5. The van der Waals surface area contributed by atoms with Crippen LogP contribution in [0.4, 0.5) is 5.69 Å². The Labute approximate surface area is 148 Å². The van der Waals surface area contributed by atoms with Gasteiger partial charge in [-0.15, -0.1) is 12.4 Å². The molecule has 0 fully saturated rings.